The van der Waals surface area contributed by atoms with Crippen molar-refractivity contribution in [3.05, 3.63) is 0 Å². The summed E-state index contributed by atoms with van der Waals surface area (Å²) in [5.74, 6) is 0. The number of rotatable bonds is 3. The summed E-state index contributed by atoms with van der Waals surface area (Å²) in [6, 6.07) is 0. The molecule has 64 valence electrons. The molecule has 0 aliphatic carbocycles. The van der Waals surface area contributed by atoms with Crippen LogP contribution in [-0.4, -0.2) is 50.7 Å². The minimum Gasteiger partial charge on any atom is -0.359 e. The molecule has 0 bridgehead atoms. The molecule has 1 saturated heterocycles. The van der Waals surface area contributed by atoms with Crippen LogP contribution >= 0.6 is 0 Å². The van der Waals surface area contributed by atoms with Crippen molar-refractivity contribution >= 4 is 6.29 Å². The quantitative estimate of drug-likeness (QED) is 0.538. The minimum absolute atomic E-state index is 0.350. The van der Waals surface area contributed by atoms with E-state index in [-0.39, 0.29) is 6.23 Å². The van der Waals surface area contributed by atoms with Gasteiger partial charge in [-0.2, -0.15) is 0 Å². The Balaban J connectivity index is 2.35. The lowest BCUT2D eigenvalue weighted by Gasteiger charge is -2.30. The van der Waals surface area contributed by atoms with Gasteiger partial charge in [-0.1, -0.05) is 0 Å². The third kappa shape index (κ3) is 2.25. The van der Waals surface area contributed by atoms with E-state index in [9.17, 15) is 4.79 Å². The Bertz CT molecular complexity index is 124. The van der Waals surface area contributed by atoms with Crippen molar-refractivity contribution in [1.29, 1.82) is 0 Å². The van der Waals surface area contributed by atoms with Crippen LogP contribution < -0.4 is 5.32 Å². The number of carbonyl (C=O) groups excluding carboxylic acids is 1. The Hall–Kier alpha value is -0.450. The van der Waals surface area contributed by atoms with Crippen LogP contribution in [0.1, 0.15) is 0 Å². The van der Waals surface area contributed by atoms with Crippen molar-refractivity contribution in [2.45, 2.75) is 6.23 Å². The number of nitrogens with zero attached hydrogens (tertiary/aromatic N) is 1. The molecule has 11 heavy (non-hydrogen) atoms. The van der Waals surface area contributed by atoms with Crippen LogP contribution in [0.3, 0.4) is 0 Å². The van der Waals surface area contributed by atoms with Crippen molar-refractivity contribution < 1.29 is 9.53 Å². The Kier molecular flexibility index (Phi) is 3.48. The summed E-state index contributed by atoms with van der Waals surface area (Å²) in [6.45, 7) is 3.65. The highest BCUT2D eigenvalue weighted by molar-refractivity contribution is 5.55. The minimum atomic E-state index is -0.350. The largest absolute Gasteiger partial charge is 0.359 e. The van der Waals surface area contributed by atoms with Gasteiger partial charge < -0.3 is 10.1 Å². The van der Waals surface area contributed by atoms with Gasteiger partial charge in [-0.15, -0.1) is 0 Å². The molecule has 1 aliphatic rings. The third-order valence-corrected chi connectivity index (χ3v) is 1.87. The molecular weight excluding hydrogens is 144 g/mol. The molecule has 4 nitrogen and oxygen atoms in total. The molecule has 0 aromatic carbocycles. The van der Waals surface area contributed by atoms with Gasteiger partial charge in [0.15, 0.2) is 12.5 Å². The second-order valence-corrected chi connectivity index (χ2v) is 2.55. The summed E-state index contributed by atoms with van der Waals surface area (Å²) in [5, 5.41) is 3.20. The molecule has 1 N–H and O–H groups in total. The summed E-state index contributed by atoms with van der Waals surface area (Å²) in [7, 11) is 1.56. The smallest absolute Gasteiger partial charge is 0.166 e. The van der Waals surface area contributed by atoms with Crippen LogP contribution in [0.4, 0.5) is 0 Å². The van der Waals surface area contributed by atoms with Gasteiger partial charge in [0.2, 0.25) is 0 Å². The maximum atomic E-state index is 10.4. The van der Waals surface area contributed by atoms with E-state index in [1.807, 2.05) is 4.90 Å². The van der Waals surface area contributed by atoms with Crippen molar-refractivity contribution in [2.24, 2.45) is 0 Å². The van der Waals surface area contributed by atoms with Gasteiger partial charge in [0.05, 0.1) is 0 Å². The molecule has 0 saturated carbocycles. The molecule has 1 aliphatic heterocycles. The standard InChI is InChI=1S/C7H14N2O2/c1-11-7(6-10)9-4-2-8-3-5-9/h6-8H,2-5H2,1H3. The number of aldehydes is 1. The highest BCUT2D eigenvalue weighted by atomic mass is 16.5. The Morgan fingerprint density at radius 1 is 1.55 bits per heavy atom. The lowest BCUT2D eigenvalue weighted by atomic mass is 10.3. The van der Waals surface area contributed by atoms with Crippen LogP contribution in [0.5, 0.6) is 0 Å². The summed E-state index contributed by atoms with van der Waals surface area (Å²) < 4.78 is 4.97. The normalized spacial score (nSPS) is 23.0. The molecule has 1 heterocycles. The van der Waals surface area contributed by atoms with Crippen LogP contribution in [0.15, 0.2) is 0 Å². The average Bonchev–Trinajstić information content (AvgIpc) is 2.09. The monoisotopic (exact) mass is 158 g/mol. The van der Waals surface area contributed by atoms with E-state index in [1.165, 1.54) is 0 Å². The lowest BCUT2D eigenvalue weighted by molar-refractivity contribution is -0.128. The van der Waals surface area contributed by atoms with E-state index >= 15 is 0 Å². The maximum absolute atomic E-state index is 10.4. The first-order valence-corrected chi connectivity index (χ1v) is 3.81. The summed E-state index contributed by atoms with van der Waals surface area (Å²) in [4.78, 5) is 12.5. The Labute approximate surface area is 66.5 Å². The number of carbonyl (C=O) groups is 1. The van der Waals surface area contributed by atoms with Gasteiger partial charge in [0.1, 0.15) is 0 Å². The SMILES string of the molecule is COC(C=O)N1CCNCC1. The second kappa shape index (κ2) is 4.43. The van der Waals surface area contributed by atoms with Crippen LogP contribution in [-0.2, 0) is 9.53 Å². The number of methoxy groups -OCH3 is 1. The van der Waals surface area contributed by atoms with E-state index in [2.05, 4.69) is 5.32 Å². The van der Waals surface area contributed by atoms with Crippen molar-refractivity contribution in [3.8, 4) is 0 Å². The van der Waals surface area contributed by atoms with E-state index in [0.717, 1.165) is 32.5 Å². The molecule has 0 spiro atoms. The lowest BCUT2D eigenvalue weighted by Crippen LogP contribution is -2.49. The number of piperazine rings is 1. The molecule has 1 fully saturated rings. The zero-order valence-corrected chi connectivity index (χ0v) is 6.75. The molecule has 1 unspecified atom stereocenters. The van der Waals surface area contributed by atoms with Gasteiger partial charge in [-0.3, -0.25) is 9.69 Å². The van der Waals surface area contributed by atoms with Crippen LogP contribution in [0.25, 0.3) is 0 Å². The maximum Gasteiger partial charge on any atom is 0.166 e. The molecule has 1 atom stereocenters. The van der Waals surface area contributed by atoms with Crippen molar-refractivity contribution in [1.82, 2.24) is 10.2 Å². The second-order valence-electron chi connectivity index (χ2n) is 2.55. The molecule has 4 heteroatoms. The number of ether oxygens (including phenoxy) is 1. The molecule has 0 aromatic rings. The van der Waals surface area contributed by atoms with E-state index in [0.29, 0.717) is 0 Å². The van der Waals surface area contributed by atoms with Gasteiger partial charge >= 0.3 is 0 Å². The van der Waals surface area contributed by atoms with E-state index in [4.69, 9.17) is 4.74 Å². The number of hydrogen-bond donors (Lipinski definition) is 1. The molecular formula is C7H14N2O2. The Morgan fingerprint density at radius 3 is 2.64 bits per heavy atom. The number of hydrogen-bond acceptors (Lipinski definition) is 4. The first kappa shape index (κ1) is 8.64. The predicted molar refractivity (Wildman–Crippen MR) is 41.3 cm³/mol. The fraction of sp³-hybridized carbons (Fsp3) is 0.857. The average molecular weight is 158 g/mol. The summed E-state index contributed by atoms with van der Waals surface area (Å²) in [5.41, 5.74) is 0. The van der Waals surface area contributed by atoms with Crippen LogP contribution in [0, 0.1) is 0 Å². The van der Waals surface area contributed by atoms with E-state index < -0.39 is 0 Å². The Morgan fingerprint density at radius 2 is 2.18 bits per heavy atom. The summed E-state index contributed by atoms with van der Waals surface area (Å²) in [6.07, 6.45) is 0.489. The topological polar surface area (TPSA) is 41.6 Å². The highest BCUT2D eigenvalue weighted by Gasteiger charge is 2.18. The molecule has 1 rings (SSSR count). The number of nitrogens with one attached hydrogen (secondary N) is 1. The zero-order valence-electron chi connectivity index (χ0n) is 6.75. The van der Waals surface area contributed by atoms with Gasteiger partial charge in [-0.25, -0.2) is 0 Å². The highest BCUT2D eigenvalue weighted by Crippen LogP contribution is 1.98. The van der Waals surface area contributed by atoms with Gasteiger partial charge in [0.25, 0.3) is 0 Å². The molecule has 0 amide bonds. The van der Waals surface area contributed by atoms with E-state index in [1.54, 1.807) is 7.11 Å². The van der Waals surface area contributed by atoms with Gasteiger partial charge in [-0.05, 0) is 0 Å². The fourth-order valence-electron chi connectivity index (χ4n) is 1.23. The predicted octanol–water partition coefficient (Wildman–Crippen LogP) is -0.937. The zero-order chi connectivity index (χ0) is 8.10. The summed E-state index contributed by atoms with van der Waals surface area (Å²) >= 11 is 0. The van der Waals surface area contributed by atoms with Crippen molar-refractivity contribution in [2.75, 3.05) is 33.3 Å². The fourth-order valence-corrected chi connectivity index (χ4v) is 1.23. The van der Waals surface area contributed by atoms with Crippen molar-refractivity contribution in [3.63, 3.8) is 0 Å². The van der Waals surface area contributed by atoms with Gasteiger partial charge in [0, 0.05) is 33.3 Å². The third-order valence-electron chi connectivity index (χ3n) is 1.87. The van der Waals surface area contributed by atoms with Crippen LogP contribution in [0.2, 0.25) is 0 Å². The first-order chi connectivity index (χ1) is 5.38. The molecule has 0 aromatic heterocycles. The molecule has 0 radical (unpaired) electrons. The first-order valence-electron chi connectivity index (χ1n) is 3.81.